The average Bonchev–Trinajstić information content (AvgIpc) is 3.11. The molecule has 152 valence electrons. The molecule has 0 bridgehead atoms. The van der Waals surface area contributed by atoms with Crippen molar-refractivity contribution in [3.63, 3.8) is 0 Å². The number of aromatic amines is 1. The van der Waals surface area contributed by atoms with Crippen molar-refractivity contribution in [2.45, 2.75) is 37.0 Å². The molecular formula is C17H16F3N7O2. The molecule has 0 aromatic carbocycles. The lowest BCUT2D eigenvalue weighted by Crippen LogP contribution is -2.44. The fraction of sp³-hybridized carbons (Fsp3) is 0.471. The second-order valence-corrected chi connectivity index (χ2v) is 6.99. The van der Waals surface area contributed by atoms with Gasteiger partial charge in [0.1, 0.15) is 23.9 Å². The van der Waals surface area contributed by atoms with Crippen LogP contribution in [0.3, 0.4) is 0 Å². The van der Waals surface area contributed by atoms with Gasteiger partial charge in [-0.3, -0.25) is 9.89 Å². The summed E-state index contributed by atoms with van der Waals surface area (Å²) in [6.45, 7) is 1.04. The first-order valence-corrected chi connectivity index (χ1v) is 8.90. The average molecular weight is 407 g/mol. The van der Waals surface area contributed by atoms with Crippen molar-refractivity contribution >= 4 is 17.5 Å². The molecule has 4 heterocycles. The van der Waals surface area contributed by atoms with Crippen LogP contribution in [0.25, 0.3) is 0 Å². The summed E-state index contributed by atoms with van der Waals surface area (Å²) in [5, 5.41) is 27.4. The van der Waals surface area contributed by atoms with Crippen molar-refractivity contribution in [1.29, 1.82) is 5.26 Å². The number of halogens is 3. The molecule has 2 aromatic heterocycles. The Hall–Kier alpha value is -3.20. The monoisotopic (exact) mass is 407 g/mol. The Bertz CT molecular complexity index is 959. The quantitative estimate of drug-likeness (QED) is 0.686. The van der Waals surface area contributed by atoms with E-state index in [-0.39, 0.29) is 28.7 Å². The van der Waals surface area contributed by atoms with Gasteiger partial charge in [0.05, 0.1) is 12.4 Å². The van der Waals surface area contributed by atoms with Gasteiger partial charge >= 0.3 is 6.18 Å². The van der Waals surface area contributed by atoms with Crippen LogP contribution in [0.4, 0.5) is 24.8 Å². The number of nitrogens with one attached hydrogen (secondary N) is 2. The Morgan fingerprint density at radius 1 is 1.24 bits per heavy atom. The smallest absolute Gasteiger partial charge is 0.382 e. The Morgan fingerprint density at radius 3 is 2.55 bits per heavy atom. The van der Waals surface area contributed by atoms with E-state index in [2.05, 4.69) is 25.5 Å². The number of nitriles is 1. The predicted octanol–water partition coefficient (Wildman–Crippen LogP) is 1.41. The normalized spacial score (nSPS) is 22.7. The van der Waals surface area contributed by atoms with Crippen molar-refractivity contribution in [2.24, 2.45) is 0 Å². The molecule has 0 spiro atoms. The molecule has 0 unspecified atom stereocenters. The summed E-state index contributed by atoms with van der Waals surface area (Å²) in [4.78, 5) is 21.8. The zero-order valence-corrected chi connectivity index (χ0v) is 14.9. The second-order valence-electron chi connectivity index (χ2n) is 6.99. The summed E-state index contributed by atoms with van der Waals surface area (Å²) in [6, 6.07) is 1.89. The maximum Gasteiger partial charge on any atom is 0.398 e. The Morgan fingerprint density at radius 2 is 1.97 bits per heavy atom. The van der Waals surface area contributed by atoms with E-state index in [0.29, 0.717) is 31.7 Å². The second kappa shape index (κ2) is 7.00. The fourth-order valence-corrected chi connectivity index (χ4v) is 3.87. The van der Waals surface area contributed by atoms with Crippen molar-refractivity contribution in [3.05, 3.63) is 29.3 Å². The molecule has 3 N–H and O–H groups in total. The number of carbonyl (C=O) groups is 1. The number of anilines is 2. The minimum absolute atomic E-state index is 0.182. The van der Waals surface area contributed by atoms with E-state index in [9.17, 15) is 23.1 Å². The highest BCUT2D eigenvalue weighted by Gasteiger charge is 2.53. The van der Waals surface area contributed by atoms with Crippen LogP contribution < -0.4 is 10.2 Å². The van der Waals surface area contributed by atoms with Gasteiger partial charge in [0.2, 0.25) is 0 Å². The Labute approximate surface area is 162 Å². The van der Waals surface area contributed by atoms with Gasteiger partial charge in [-0.25, -0.2) is 9.97 Å². The van der Waals surface area contributed by atoms with E-state index in [1.807, 2.05) is 11.0 Å². The van der Waals surface area contributed by atoms with E-state index in [1.165, 1.54) is 12.4 Å². The number of aromatic nitrogens is 4. The van der Waals surface area contributed by atoms with E-state index in [1.54, 1.807) is 0 Å². The third kappa shape index (κ3) is 3.38. The molecule has 1 fully saturated rings. The van der Waals surface area contributed by atoms with Gasteiger partial charge in [-0.1, -0.05) is 0 Å². The molecule has 2 aliphatic rings. The van der Waals surface area contributed by atoms with Crippen LogP contribution in [0.1, 0.15) is 41.6 Å². The number of rotatable bonds is 2. The zero-order chi connectivity index (χ0) is 20.8. The predicted molar refractivity (Wildman–Crippen MR) is 93.0 cm³/mol. The lowest BCUT2D eigenvalue weighted by atomic mass is 9.83. The van der Waals surface area contributed by atoms with Crippen LogP contribution in [0.15, 0.2) is 12.4 Å². The van der Waals surface area contributed by atoms with Crippen molar-refractivity contribution in [1.82, 2.24) is 20.2 Å². The minimum atomic E-state index is -4.79. The van der Waals surface area contributed by atoms with Crippen LogP contribution in [0.2, 0.25) is 0 Å². The highest BCUT2D eigenvalue weighted by molar-refractivity contribution is 5.97. The number of aliphatic hydroxyl groups is 1. The molecular weight excluding hydrogens is 391 g/mol. The van der Waals surface area contributed by atoms with Crippen LogP contribution in [-0.2, 0) is 4.79 Å². The van der Waals surface area contributed by atoms with E-state index in [0.717, 1.165) is 0 Å². The molecule has 29 heavy (non-hydrogen) atoms. The van der Waals surface area contributed by atoms with Crippen molar-refractivity contribution in [3.8, 4) is 6.07 Å². The number of fused-ring (bicyclic) bond motifs is 1. The highest BCUT2D eigenvalue weighted by Crippen LogP contribution is 2.47. The number of hydrogen-bond acceptors (Lipinski definition) is 7. The molecule has 2 atom stereocenters. The molecule has 1 amide bonds. The van der Waals surface area contributed by atoms with E-state index in [4.69, 9.17) is 5.26 Å². The number of carbonyl (C=O) groups excluding carboxylic acids is 1. The van der Waals surface area contributed by atoms with Gasteiger partial charge in [-0.2, -0.15) is 23.5 Å². The molecule has 0 radical (unpaired) electrons. The number of alkyl halides is 3. The Balaban J connectivity index is 1.56. The lowest BCUT2D eigenvalue weighted by Gasteiger charge is -2.34. The van der Waals surface area contributed by atoms with E-state index < -0.39 is 24.1 Å². The summed E-state index contributed by atoms with van der Waals surface area (Å²) in [5.41, 5.74) is 0.291. The molecule has 12 heteroatoms. The maximum absolute atomic E-state index is 13.6. The van der Waals surface area contributed by atoms with Gasteiger partial charge in [0.15, 0.2) is 11.5 Å². The largest absolute Gasteiger partial charge is 0.398 e. The SMILES string of the molecule is N#Cc1cnc(N2CCC(c3[nH]nc4c3[C@@H](C(F)(F)F)[C@@H](O)C(=O)N4)CC2)cn1. The molecule has 1 saturated heterocycles. The van der Waals surface area contributed by atoms with Crippen LogP contribution in [-0.4, -0.2) is 56.5 Å². The third-order valence-corrected chi connectivity index (χ3v) is 5.30. The van der Waals surface area contributed by atoms with Crippen LogP contribution >= 0.6 is 0 Å². The first kappa shape index (κ1) is 19.1. The van der Waals surface area contributed by atoms with Crippen LogP contribution in [0, 0.1) is 11.3 Å². The topological polar surface area (TPSA) is 131 Å². The molecule has 9 nitrogen and oxygen atoms in total. The summed E-state index contributed by atoms with van der Waals surface area (Å²) in [5.74, 6) is -3.28. The Kier molecular flexibility index (Phi) is 4.62. The molecule has 2 aliphatic heterocycles. The lowest BCUT2D eigenvalue weighted by molar-refractivity contribution is -0.177. The number of nitrogens with zero attached hydrogens (tertiary/aromatic N) is 5. The number of aliphatic hydroxyl groups excluding tert-OH is 1. The highest BCUT2D eigenvalue weighted by atomic mass is 19.4. The van der Waals surface area contributed by atoms with Crippen molar-refractivity contribution < 1.29 is 23.1 Å². The molecule has 4 rings (SSSR count). The number of piperidine rings is 1. The van der Waals surface area contributed by atoms with Gasteiger partial charge in [0, 0.05) is 30.3 Å². The van der Waals surface area contributed by atoms with Gasteiger partial charge in [0.25, 0.3) is 5.91 Å². The van der Waals surface area contributed by atoms with Gasteiger partial charge < -0.3 is 15.3 Å². The first-order valence-electron chi connectivity index (χ1n) is 8.90. The number of amides is 1. The summed E-state index contributed by atoms with van der Waals surface area (Å²) in [7, 11) is 0. The van der Waals surface area contributed by atoms with Gasteiger partial charge in [-0.05, 0) is 12.8 Å². The molecule has 0 saturated carbocycles. The van der Waals surface area contributed by atoms with Crippen molar-refractivity contribution in [2.75, 3.05) is 23.3 Å². The first-order chi connectivity index (χ1) is 13.8. The van der Waals surface area contributed by atoms with Gasteiger partial charge in [-0.15, -0.1) is 0 Å². The standard InChI is InChI=1S/C17H16F3N7O2/c18-17(19,20)12-11-13(25-26-15(11)24-16(29)14(12)28)8-1-3-27(4-2-8)10-7-22-9(5-21)6-23-10/h6-8,12,14,28H,1-4H2,(H2,24,25,26,29)/t12-,14-/m1/s1. The zero-order valence-electron chi connectivity index (χ0n) is 14.9. The number of hydrogen-bond donors (Lipinski definition) is 3. The summed E-state index contributed by atoms with van der Waals surface area (Å²) >= 11 is 0. The maximum atomic E-state index is 13.6. The summed E-state index contributed by atoms with van der Waals surface area (Å²) < 4.78 is 40.8. The van der Waals surface area contributed by atoms with Crippen LogP contribution in [0.5, 0.6) is 0 Å². The van der Waals surface area contributed by atoms with E-state index >= 15 is 0 Å². The molecule has 2 aromatic rings. The fourth-order valence-electron chi connectivity index (χ4n) is 3.87. The summed E-state index contributed by atoms with van der Waals surface area (Å²) in [6.07, 6.45) is -3.11. The molecule has 0 aliphatic carbocycles. The number of H-pyrrole nitrogens is 1. The third-order valence-electron chi connectivity index (χ3n) is 5.30. The minimum Gasteiger partial charge on any atom is -0.382 e.